The van der Waals surface area contributed by atoms with Crippen LogP contribution < -0.4 is 5.32 Å². The SMILES string of the molecule is Fc1ccc(CNc2nnc(SCc3coc(-c4ccccc4)n3)s2)cc1. The molecule has 0 aliphatic carbocycles. The summed E-state index contributed by atoms with van der Waals surface area (Å²) in [7, 11) is 0. The van der Waals surface area contributed by atoms with Gasteiger partial charge in [0.1, 0.15) is 12.1 Å². The van der Waals surface area contributed by atoms with Crippen molar-refractivity contribution in [3.05, 3.63) is 77.9 Å². The Hall–Kier alpha value is -2.71. The van der Waals surface area contributed by atoms with Gasteiger partial charge < -0.3 is 9.73 Å². The molecule has 2 aromatic heterocycles. The molecule has 0 aliphatic heterocycles. The van der Waals surface area contributed by atoms with E-state index in [0.29, 0.717) is 18.2 Å². The van der Waals surface area contributed by atoms with Gasteiger partial charge in [-0.1, -0.05) is 53.4 Å². The molecule has 0 bridgehead atoms. The molecule has 0 aliphatic rings. The minimum atomic E-state index is -0.239. The molecular weight excluding hydrogens is 383 g/mol. The van der Waals surface area contributed by atoms with E-state index in [-0.39, 0.29) is 5.82 Å². The molecule has 0 saturated heterocycles. The molecule has 0 atom stereocenters. The highest BCUT2D eigenvalue weighted by Gasteiger charge is 2.09. The van der Waals surface area contributed by atoms with Crippen LogP contribution in [0.25, 0.3) is 11.5 Å². The van der Waals surface area contributed by atoms with E-state index in [1.165, 1.54) is 23.5 Å². The number of anilines is 1. The number of halogens is 1. The average Bonchev–Trinajstić information content (AvgIpc) is 3.36. The molecule has 1 N–H and O–H groups in total. The Balaban J connectivity index is 1.31. The Morgan fingerprint density at radius 1 is 1.04 bits per heavy atom. The maximum absolute atomic E-state index is 12.9. The second-order valence-corrected chi connectivity index (χ2v) is 7.85. The van der Waals surface area contributed by atoms with Gasteiger partial charge in [-0.3, -0.25) is 0 Å². The van der Waals surface area contributed by atoms with Crippen LogP contribution in [0.5, 0.6) is 0 Å². The minimum Gasteiger partial charge on any atom is -0.444 e. The average molecular weight is 398 g/mol. The molecule has 0 radical (unpaired) electrons. The van der Waals surface area contributed by atoms with Crippen molar-refractivity contribution in [3.63, 3.8) is 0 Å². The van der Waals surface area contributed by atoms with E-state index in [1.54, 1.807) is 30.2 Å². The molecule has 2 heterocycles. The lowest BCUT2D eigenvalue weighted by Gasteiger charge is -2.01. The lowest BCUT2D eigenvalue weighted by Crippen LogP contribution is -1.98. The number of thioether (sulfide) groups is 1. The van der Waals surface area contributed by atoms with Gasteiger partial charge in [-0.25, -0.2) is 9.37 Å². The molecule has 5 nitrogen and oxygen atoms in total. The molecule has 136 valence electrons. The van der Waals surface area contributed by atoms with Crippen molar-refractivity contribution in [1.29, 1.82) is 0 Å². The number of nitrogens with zero attached hydrogens (tertiary/aromatic N) is 3. The van der Waals surface area contributed by atoms with Crippen LogP contribution in [0.15, 0.2) is 69.6 Å². The smallest absolute Gasteiger partial charge is 0.226 e. The minimum absolute atomic E-state index is 0.239. The van der Waals surface area contributed by atoms with Crippen molar-refractivity contribution in [2.45, 2.75) is 16.6 Å². The summed E-state index contributed by atoms with van der Waals surface area (Å²) < 4.78 is 19.3. The number of nitrogens with one attached hydrogen (secondary N) is 1. The Morgan fingerprint density at radius 3 is 2.67 bits per heavy atom. The van der Waals surface area contributed by atoms with Crippen LogP contribution in [-0.2, 0) is 12.3 Å². The molecule has 0 saturated carbocycles. The lowest BCUT2D eigenvalue weighted by atomic mass is 10.2. The number of hydrogen-bond acceptors (Lipinski definition) is 7. The maximum atomic E-state index is 12.9. The van der Waals surface area contributed by atoms with Crippen molar-refractivity contribution in [2.24, 2.45) is 0 Å². The summed E-state index contributed by atoms with van der Waals surface area (Å²) in [6, 6.07) is 16.2. The van der Waals surface area contributed by atoms with Crippen molar-refractivity contribution in [3.8, 4) is 11.5 Å². The van der Waals surface area contributed by atoms with Gasteiger partial charge in [0.2, 0.25) is 11.0 Å². The van der Waals surface area contributed by atoms with Crippen LogP contribution in [0, 0.1) is 5.82 Å². The van der Waals surface area contributed by atoms with E-state index >= 15 is 0 Å². The van der Waals surface area contributed by atoms with E-state index in [1.807, 2.05) is 30.3 Å². The molecule has 4 aromatic rings. The van der Waals surface area contributed by atoms with Gasteiger partial charge in [-0.05, 0) is 29.8 Å². The third-order valence-corrected chi connectivity index (χ3v) is 5.73. The highest BCUT2D eigenvalue weighted by Crippen LogP contribution is 2.29. The molecule has 27 heavy (non-hydrogen) atoms. The Kier molecular flexibility index (Phi) is 5.45. The van der Waals surface area contributed by atoms with E-state index in [2.05, 4.69) is 20.5 Å². The van der Waals surface area contributed by atoms with Gasteiger partial charge >= 0.3 is 0 Å². The van der Waals surface area contributed by atoms with Crippen LogP contribution in [0.2, 0.25) is 0 Å². The Labute approximate surface area is 163 Å². The Bertz CT molecular complexity index is 1000. The number of hydrogen-bond donors (Lipinski definition) is 1. The van der Waals surface area contributed by atoms with Crippen molar-refractivity contribution < 1.29 is 8.81 Å². The van der Waals surface area contributed by atoms with Crippen molar-refractivity contribution >= 4 is 28.2 Å². The molecule has 0 spiro atoms. The van der Waals surface area contributed by atoms with E-state index in [9.17, 15) is 4.39 Å². The zero-order chi connectivity index (χ0) is 18.5. The van der Waals surface area contributed by atoms with Crippen LogP contribution >= 0.6 is 23.1 Å². The van der Waals surface area contributed by atoms with E-state index < -0.39 is 0 Å². The van der Waals surface area contributed by atoms with Crippen LogP contribution in [0.1, 0.15) is 11.3 Å². The lowest BCUT2D eigenvalue weighted by molar-refractivity contribution is 0.573. The molecule has 4 rings (SSSR count). The van der Waals surface area contributed by atoms with Gasteiger partial charge in [0.15, 0.2) is 4.34 Å². The van der Waals surface area contributed by atoms with Crippen LogP contribution in [0.3, 0.4) is 0 Å². The van der Waals surface area contributed by atoms with Gasteiger partial charge in [-0.15, -0.1) is 10.2 Å². The van der Waals surface area contributed by atoms with Gasteiger partial charge in [0, 0.05) is 17.9 Å². The summed E-state index contributed by atoms with van der Waals surface area (Å²) in [6.45, 7) is 0.573. The topological polar surface area (TPSA) is 63.8 Å². The summed E-state index contributed by atoms with van der Waals surface area (Å²) in [6.07, 6.45) is 1.67. The second kappa shape index (κ2) is 8.32. The molecular formula is C19H15FN4OS2. The van der Waals surface area contributed by atoms with Crippen LogP contribution in [-0.4, -0.2) is 15.2 Å². The van der Waals surface area contributed by atoms with Gasteiger partial charge in [0.05, 0.1) is 5.69 Å². The number of oxazole rings is 1. The molecule has 0 amide bonds. The Morgan fingerprint density at radius 2 is 1.85 bits per heavy atom. The summed E-state index contributed by atoms with van der Waals surface area (Å²) in [4.78, 5) is 4.51. The van der Waals surface area contributed by atoms with Gasteiger partial charge in [0.25, 0.3) is 0 Å². The molecule has 2 aromatic carbocycles. The maximum Gasteiger partial charge on any atom is 0.226 e. The number of aromatic nitrogens is 3. The monoisotopic (exact) mass is 398 g/mol. The quantitative estimate of drug-likeness (QED) is 0.430. The normalized spacial score (nSPS) is 10.9. The van der Waals surface area contributed by atoms with Crippen molar-refractivity contribution in [1.82, 2.24) is 15.2 Å². The summed E-state index contributed by atoms with van der Waals surface area (Å²) in [5, 5.41) is 12.2. The zero-order valence-corrected chi connectivity index (χ0v) is 15.8. The van der Waals surface area contributed by atoms with Crippen LogP contribution in [0.4, 0.5) is 9.52 Å². The first-order valence-corrected chi connectivity index (χ1v) is 10.0. The predicted molar refractivity (Wildman–Crippen MR) is 105 cm³/mol. The highest BCUT2D eigenvalue weighted by molar-refractivity contribution is 8.00. The third kappa shape index (κ3) is 4.72. The summed E-state index contributed by atoms with van der Waals surface area (Å²) in [5.41, 5.74) is 2.80. The highest BCUT2D eigenvalue weighted by atomic mass is 32.2. The van der Waals surface area contributed by atoms with E-state index in [4.69, 9.17) is 4.42 Å². The third-order valence-electron chi connectivity index (χ3n) is 3.68. The molecule has 0 fully saturated rings. The van der Waals surface area contributed by atoms with Crippen molar-refractivity contribution in [2.75, 3.05) is 5.32 Å². The number of rotatable bonds is 7. The first kappa shape index (κ1) is 17.7. The first-order chi connectivity index (χ1) is 13.3. The standard InChI is InChI=1S/C19H15FN4OS2/c20-15-8-6-13(7-9-15)10-21-18-23-24-19(27-18)26-12-16-11-25-17(22-16)14-4-2-1-3-5-14/h1-9,11H,10,12H2,(H,21,23). The second-order valence-electron chi connectivity index (χ2n) is 5.65. The summed E-state index contributed by atoms with van der Waals surface area (Å²) in [5.74, 6) is 1.03. The van der Waals surface area contributed by atoms with Gasteiger partial charge in [-0.2, -0.15) is 0 Å². The zero-order valence-electron chi connectivity index (χ0n) is 14.1. The van der Waals surface area contributed by atoms with E-state index in [0.717, 1.165) is 26.3 Å². The number of benzene rings is 2. The molecule has 8 heteroatoms. The fourth-order valence-corrected chi connectivity index (χ4v) is 3.97. The fraction of sp³-hybridized carbons (Fsp3) is 0.105. The molecule has 0 unspecified atom stereocenters. The predicted octanol–water partition coefficient (Wildman–Crippen LogP) is 5.24. The first-order valence-electron chi connectivity index (χ1n) is 8.21. The summed E-state index contributed by atoms with van der Waals surface area (Å²) >= 11 is 3.03. The largest absolute Gasteiger partial charge is 0.444 e. The fourth-order valence-electron chi connectivity index (χ4n) is 2.34.